The lowest BCUT2D eigenvalue weighted by Crippen LogP contribution is -1.83. The highest BCUT2D eigenvalue weighted by Crippen LogP contribution is 2.34. The van der Waals surface area contributed by atoms with Crippen LogP contribution in [0.1, 0.15) is 0 Å². The Kier molecular flexibility index (Phi) is 3.03. The second-order valence-corrected chi connectivity index (χ2v) is 4.17. The van der Waals surface area contributed by atoms with Crippen molar-refractivity contribution >= 4 is 23.2 Å². The maximum atomic E-state index is 13.1. The molecule has 0 spiro atoms. The van der Waals surface area contributed by atoms with E-state index in [1.807, 2.05) is 0 Å². The Morgan fingerprint density at radius 1 is 1.00 bits per heavy atom. The molecule has 1 N–H and O–H groups in total. The number of phenolic OH excluding ortho intramolecular Hbond substituents is 1. The molecule has 0 bridgehead atoms. The van der Waals surface area contributed by atoms with Crippen LogP contribution in [0.15, 0.2) is 36.4 Å². The maximum absolute atomic E-state index is 13.1. The Balaban J connectivity index is 2.63. The molecule has 0 aliphatic heterocycles. The van der Waals surface area contributed by atoms with Crippen molar-refractivity contribution in [2.75, 3.05) is 0 Å². The molecule has 0 fully saturated rings. The van der Waals surface area contributed by atoms with Gasteiger partial charge in [0.1, 0.15) is 0 Å². The van der Waals surface area contributed by atoms with Crippen molar-refractivity contribution in [1.29, 1.82) is 0 Å². The van der Waals surface area contributed by atoms with Crippen molar-refractivity contribution < 1.29 is 9.50 Å². The van der Waals surface area contributed by atoms with Crippen molar-refractivity contribution in [2.24, 2.45) is 0 Å². The molecule has 0 saturated carbocycles. The molecule has 16 heavy (non-hydrogen) atoms. The minimum absolute atomic E-state index is 0.365. The van der Waals surface area contributed by atoms with Crippen LogP contribution in [-0.2, 0) is 0 Å². The third-order valence-electron chi connectivity index (χ3n) is 2.16. The Morgan fingerprint density at radius 2 is 1.62 bits per heavy atom. The number of phenols is 1. The summed E-state index contributed by atoms with van der Waals surface area (Å²) < 4.78 is 13.1. The first kappa shape index (κ1) is 11.2. The first-order chi connectivity index (χ1) is 7.58. The first-order valence-electron chi connectivity index (χ1n) is 4.52. The molecule has 82 valence electrons. The number of hydrogen-bond acceptors (Lipinski definition) is 1. The van der Waals surface area contributed by atoms with Gasteiger partial charge in [-0.25, -0.2) is 4.39 Å². The molecule has 0 atom stereocenters. The summed E-state index contributed by atoms with van der Waals surface area (Å²) in [7, 11) is 0. The van der Waals surface area contributed by atoms with Gasteiger partial charge in [0.15, 0.2) is 11.6 Å². The van der Waals surface area contributed by atoms with Crippen LogP contribution in [0.2, 0.25) is 10.0 Å². The summed E-state index contributed by atoms with van der Waals surface area (Å²) in [6.07, 6.45) is 0. The van der Waals surface area contributed by atoms with E-state index in [0.29, 0.717) is 21.2 Å². The zero-order chi connectivity index (χ0) is 11.7. The van der Waals surface area contributed by atoms with E-state index in [4.69, 9.17) is 23.2 Å². The van der Waals surface area contributed by atoms with E-state index in [9.17, 15) is 9.50 Å². The van der Waals surface area contributed by atoms with Gasteiger partial charge in [-0.2, -0.15) is 0 Å². The van der Waals surface area contributed by atoms with Gasteiger partial charge in [0.25, 0.3) is 0 Å². The third-order valence-corrected chi connectivity index (χ3v) is 2.60. The van der Waals surface area contributed by atoms with Crippen LogP contribution in [0, 0.1) is 5.82 Å². The molecule has 0 unspecified atom stereocenters. The SMILES string of the molecule is Oc1c(F)cccc1-c1cc(Cl)cc(Cl)c1. The van der Waals surface area contributed by atoms with Crippen molar-refractivity contribution in [3.8, 4) is 16.9 Å². The zero-order valence-electron chi connectivity index (χ0n) is 8.05. The minimum atomic E-state index is -0.673. The lowest BCUT2D eigenvalue weighted by atomic mass is 10.0. The molecule has 0 saturated heterocycles. The highest BCUT2D eigenvalue weighted by atomic mass is 35.5. The van der Waals surface area contributed by atoms with Gasteiger partial charge in [-0.15, -0.1) is 0 Å². The highest BCUT2D eigenvalue weighted by molar-refractivity contribution is 6.35. The lowest BCUT2D eigenvalue weighted by molar-refractivity contribution is 0.434. The summed E-state index contributed by atoms with van der Waals surface area (Å²) in [6, 6.07) is 9.09. The third kappa shape index (κ3) is 2.13. The van der Waals surface area contributed by atoms with Crippen LogP contribution in [-0.4, -0.2) is 5.11 Å². The number of rotatable bonds is 1. The van der Waals surface area contributed by atoms with E-state index in [-0.39, 0.29) is 0 Å². The molecular weight excluding hydrogens is 250 g/mol. The summed E-state index contributed by atoms with van der Waals surface area (Å²) in [6.45, 7) is 0. The fraction of sp³-hybridized carbons (Fsp3) is 0. The molecule has 0 aliphatic carbocycles. The predicted octanol–water partition coefficient (Wildman–Crippen LogP) is 4.51. The fourth-order valence-electron chi connectivity index (χ4n) is 1.46. The van der Waals surface area contributed by atoms with E-state index >= 15 is 0 Å². The molecule has 0 radical (unpaired) electrons. The fourth-order valence-corrected chi connectivity index (χ4v) is 1.98. The van der Waals surface area contributed by atoms with Gasteiger partial charge in [0.05, 0.1) is 0 Å². The summed E-state index contributed by atoms with van der Waals surface area (Å²) in [5.74, 6) is -1.07. The Hall–Kier alpha value is -1.25. The van der Waals surface area contributed by atoms with E-state index in [2.05, 4.69) is 0 Å². The van der Waals surface area contributed by atoms with E-state index in [1.165, 1.54) is 12.1 Å². The molecule has 0 aliphatic rings. The summed E-state index contributed by atoms with van der Waals surface area (Å²) in [4.78, 5) is 0. The van der Waals surface area contributed by atoms with Gasteiger partial charge < -0.3 is 5.11 Å². The van der Waals surface area contributed by atoms with Gasteiger partial charge in [-0.3, -0.25) is 0 Å². The smallest absolute Gasteiger partial charge is 0.165 e. The number of halogens is 3. The second kappa shape index (κ2) is 4.32. The lowest BCUT2D eigenvalue weighted by Gasteiger charge is -2.06. The molecule has 0 heterocycles. The maximum Gasteiger partial charge on any atom is 0.165 e. The largest absolute Gasteiger partial charge is 0.504 e. The van der Waals surface area contributed by atoms with Crippen molar-refractivity contribution in [2.45, 2.75) is 0 Å². The Bertz CT molecular complexity index is 520. The average molecular weight is 257 g/mol. The number of benzene rings is 2. The molecular formula is C12H7Cl2FO. The topological polar surface area (TPSA) is 20.2 Å². The number of hydrogen-bond donors (Lipinski definition) is 1. The van der Waals surface area contributed by atoms with Gasteiger partial charge >= 0.3 is 0 Å². The number of para-hydroxylation sites is 1. The van der Waals surface area contributed by atoms with Gasteiger partial charge in [-0.05, 0) is 29.8 Å². The molecule has 4 heteroatoms. The average Bonchev–Trinajstić information content (AvgIpc) is 2.20. The molecule has 2 aromatic carbocycles. The monoisotopic (exact) mass is 256 g/mol. The van der Waals surface area contributed by atoms with Crippen LogP contribution in [0.4, 0.5) is 4.39 Å². The van der Waals surface area contributed by atoms with Crippen LogP contribution in [0.3, 0.4) is 0 Å². The van der Waals surface area contributed by atoms with Gasteiger partial charge in [-0.1, -0.05) is 35.3 Å². The molecule has 2 rings (SSSR count). The predicted molar refractivity (Wildman–Crippen MR) is 63.5 cm³/mol. The van der Waals surface area contributed by atoms with Gasteiger partial charge in [0.2, 0.25) is 0 Å². The zero-order valence-corrected chi connectivity index (χ0v) is 9.56. The molecule has 2 aromatic rings. The summed E-state index contributed by atoms with van der Waals surface area (Å²) >= 11 is 11.7. The van der Waals surface area contributed by atoms with Crippen LogP contribution >= 0.6 is 23.2 Å². The van der Waals surface area contributed by atoms with E-state index in [0.717, 1.165) is 0 Å². The van der Waals surface area contributed by atoms with Gasteiger partial charge in [0, 0.05) is 15.6 Å². The Labute approximate surface area is 102 Å². The molecule has 1 nitrogen and oxygen atoms in total. The molecule has 0 amide bonds. The van der Waals surface area contributed by atoms with Crippen molar-refractivity contribution in [3.05, 3.63) is 52.3 Å². The Morgan fingerprint density at radius 3 is 2.25 bits per heavy atom. The van der Waals surface area contributed by atoms with Crippen molar-refractivity contribution in [1.82, 2.24) is 0 Å². The van der Waals surface area contributed by atoms with Crippen molar-refractivity contribution in [3.63, 3.8) is 0 Å². The van der Waals surface area contributed by atoms with E-state index in [1.54, 1.807) is 24.3 Å². The second-order valence-electron chi connectivity index (χ2n) is 3.29. The molecule has 0 aromatic heterocycles. The summed E-state index contributed by atoms with van der Waals surface area (Å²) in [5, 5.41) is 10.4. The van der Waals surface area contributed by atoms with E-state index < -0.39 is 11.6 Å². The van der Waals surface area contributed by atoms with Crippen LogP contribution < -0.4 is 0 Å². The minimum Gasteiger partial charge on any atom is -0.504 e. The standard InChI is InChI=1S/C12H7Cl2FO/c13-8-4-7(5-9(14)6-8)10-2-1-3-11(15)12(10)16/h1-6,16H. The normalized spacial score (nSPS) is 10.4. The number of aromatic hydroxyl groups is 1. The van der Waals surface area contributed by atoms with Crippen LogP contribution in [0.5, 0.6) is 5.75 Å². The highest BCUT2D eigenvalue weighted by Gasteiger charge is 2.09. The van der Waals surface area contributed by atoms with Crippen LogP contribution in [0.25, 0.3) is 11.1 Å². The first-order valence-corrected chi connectivity index (χ1v) is 5.27. The quantitative estimate of drug-likeness (QED) is 0.797. The summed E-state index contributed by atoms with van der Waals surface area (Å²) in [5.41, 5.74) is 0.943.